The fourth-order valence-corrected chi connectivity index (χ4v) is 3.07. The van der Waals surface area contributed by atoms with Crippen LogP contribution in [0.1, 0.15) is 42.1 Å². The van der Waals surface area contributed by atoms with Gasteiger partial charge in [-0.3, -0.25) is 9.59 Å². The van der Waals surface area contributed by atoms with E-state index in [0.717, 1.165) is 24.2 Å². The second-order valence-electron chi connectivity index (χ2n) is 6.82. The molecule has 0 spiro atoms. The predicted octanol–water partition coefficient (Wildman–Crippen LogP) is 3.54. The van der Waals surface area contributed by atoms with Crippen LogP contribution in [0.3, 0.4) is 0 Å². The number of halogens is 1. The van der Waals surface area contributed by atoms with E-state index in [1.807, 2.05) is 36.1 Å². The van der Waals surface area contributed by atoms with E-state index in [9.17, 15) is 14.0 Å². The lowest BCUT2D eigenvalue weighted by atomic mass is 10.2. The van der Waals surface area contributed by atoms with Gasteiger partial charge in [0.1, 0.15) is 11.6 Å². The Bertz CT molecular complexity index is 836. The zero-order valence-electron chi connectivity index (χ0n) is 16.0. The van der Waals surface area contributed by atoms with Crippen LogP contribution < -0.4 is 10.1 Å². The summed E-state index contributed by atoms with van der Waals surface area (Å²) in [6, 6.07) is 13.8. The van der Waals surface area contributed by atoms with Crippen LogP contribution in [-0.4, -0.2) is 35.9 Å². The summed E-state index contributed by atoms with van der Waals surface area (Å²) in [6.45, 7) is 3.22. The van der Waals surface area contributed by atoms with Gasteiger partial charge in [-0.05, 0) is 49.6 Å². The molecule has 0 saturated heterocycles. The molecule has 1 fully saturated rings. The fourth-order valence-electron chi connectivity index (χ4n) is 3.07. The van der Waals surface area contributed by atoms with E-state index in [1.54, 1.807) is 6.07 Å². The van der Waals surface area contributed by atoms with Crippen LogP contribution in [0.4, 0.5) is 4.39 Å². The Morgan fingerprint density at radius 3 is 2.68 bits per heavy atom. The molecule has 0 unspecified atom stereocenters. The van der Waals surface area contributed by atoms with Gasteiger partial charge in [-0.25, -0.2) is 4.39 Å². The molecule has 0 radical (unpaired) electrons. The van der Waals surface area contributed by atoms with Crippen molar-refractivity contribution in [3.05, 3.63) is 65.5 Å². The molecule has 2 amide bonds. The number of nitrogens with zero attached hydrogens (tertiary/aromatic N) is 1. The summed E-state index contributed by atoms with van der Waals surface area (Å²) in [5.41, 5.74) is 1.00. The molecule has 1 N–H and O–H groups in total. The summed E-state index contributed by atoms with van der Waals surface area (Å²) in [7, 11) is 0. The molecule has 2 aromatic rings. The molecule has 0 bridgehead atoms. The molecule has 5 nitrogen and oxygen atoms in total. The van der Waals surface area contributed by atoms with Crippen molar-refractivity contribution in [1.29, 1.82) is 0 Å². The second kappa shape index (κ2) is 9.35. The highest BCUT2D eigenvalue weighted by Gasteiger charge is 2.32. The van der Waals surface area contributed by atoms with Crippen molar-refractivity contribution in [2.45, 2.75) is 38.8 Å². The highest BCUT2D eigenvalue weighted by atomic mass is 19.1. The molecule has 3 rings (SSSR count). The molecule has 0 heterocycles. The van der Waals surface area contributed by atoms with Crippen LogP contribution in [0, 0.1) is 5.82 Å². The van der Waals surface area contributed by atoms with Gasteiger partial charge in [0.25, 0.3) is 5.91 Å². The van der Waals surface area contributed by atoms with E-state index < -0.39 is 11.7 Å². The number of carbonyl (C=O) groups is 2. The third-order valence-electron chi connectivity index (χ3n) is 4.61. The van der Waals surface area contributed by atoms with Crippen LogP contribution >= 0.6 is 0 Å². The van der Waals surface area contributed by atoms with E-state index in [4.69, 9.17) is 4.74 Å². The summed E-state index contributed by atoms with van der Waals surface area (Å²) >= 11 is 0. The first-order valence-corrected chi connectivity index (χ1v) is 9.62. The number of amides is 2. The molecule has 2 aromatic carbocycles. The maximum Gasteiger partial charge on any atom is 0.254 e. The Balaban J connectivity index is 1.54. The number of benzene rings is 2. The minimum Gasteiger partial charge on any atom is -0.494 e. The molecule has 148 valence electrons. The van der Waals surface area contributed by atoms with Gasteiger partial charge in [0.05, 0.1) is 12.2 Å². The molecule has 28 heavy (non-hydrogen) atoms. The van der Waals surface area contributed by atoms with Gasteiger partial charge < -0.3 is 15.0 Å². The van der Waals surface area contributed by atoms with Gasteiger partial charge in [0.15, 0.2) is 0 Å². The maximum absolute atomic E-state index is 13.7. The van der Waals surface area contributed by atoms with Crippen molar-refractivity contribution < 1.29 is 18.7 Å². The van der Waals surface area contributed by atoms with Gasteiger partial charge in [-0.1, -0.05) is 24.3 Å². The van der Waals surface area contributed by atoms with Gasteiger partial charge in [0.2, 0.25) is 5.91 Å². The van der Waals surface area contributed by atoms with E-state index >= 15 is 0 Å². The smallest absolute Gasteiger partial charge is 0.254 e. The van der Waals surface area contributed by atoms with E-state index in [1.165, 1.54) is 18.2 Å². The Labute approximate surface area is 164 Å². The van der Waals surface area contributed by atoms with E-state index in [-0.39, 0.29) is 30.5 Å². The van der Waals surface area contributed by atoms with E-state index in [0.29, 0.717) is 13.2 Å². The zero-order chi connectivity index (χ0) is 19.9. The molecular weight excluding hydrogens is 359 g/mol. The molecule has 0 aromatic heterocycles. The van der Waals surface area contributed by atoms with Gasteiger partial charge in [0, 0.05) is 25.6 Å². The number of nitrogens with one attached hydrogen (secondary N) is 1. The third-order valence-corrected chi connectivity index (χ3v) is 4.61. The maximum atomic E-state index is 13.7. The zero-order valence-corrected chi connectivity index (χ0v) is 16.0. The topological polar surface area (TPSA) is 58.6 Å². The van der Waals surface area contributed by atoms with Crippen molar-refractivity contribution in [3.63, 3.8) is 0 Å². The van der Waals surface area contributed by atoms with Crippen molar-refractivity contribution in [1.82, 2.24) is 10.2 Å². The highest BCUT2D eigenvalue weighted by Crippen LogP contribution is 2.29. The molecular formula is C22H25FN2O3. The molecule has 6 heteroatoms. The van der Waals surface area contributed by atoms with Crippen LogP contribution in [-0.2, 0) is 11.3 Å². The highest BCUT2D eigenvalue weighted by molar-refractivity contribution is 5.94. The second-order valence-corrected chi connectivity index (χ2v) is 6.82. The Kier molecular flexibility index (Phi) is 6.63. The van der Waals surface area contributed by atoms with Crippen molar-refractivity contribution in [2.75, 3.05) is 13.2 Å². The van der Waals surface area contributed by atoms with Crippen LogP contribution in [0.25, 0.3) is 0 Å². The van der Waals surface area contributed by atoms with Gasteiger partial charge in [-0.2, -0.15) is 0 Å². The first-order valence-electron chi connectivity index (χ1n) is 9.62. The largest absolute Gasteiger partial charge is 0.494 e. The Morgan fingerprint density at radius 2 is 1.96 bits per heavy atom. The Hall–Kier alpha value is -2.89. The molecule has 0 aliphatic heterocycles. The summed E-state index contributed by atoms with van der Waals surface area (Å²) < 4.78 is 19.2. The molecule has 0 atom stereocenters. The van der Waals surface area contributed by atoms with Crippen molar-refractivity contribution >= 4 is 11.8 Å². The molecule has 1 aliphatic rings. The summed E-state index contributed by atoms with van der Waals surface area (Å²) in [5.74, 6) is -0.299. The predicted molar refractivity (Wildman–Crippen MR) is 105 cm³/mol. The number of rotatable bonds is 9. The third kappa shape index (κ3) is 5.31. The van der Waals surface area contributed by atoms with Crippen LogP contribution in [0.2, 0.25) is 0 Å². The average molecular weight is 384 g/mol. The SMILES string of the molecule is CCOc1cccc(CN(C(=O)CCNC(=O)c2ccccc2F)C2CC2)c1. The Morgan fingerprint density at radius 1 is 1.18 bits per heavy atom. The first kappa shape index (κ1) is 19.9. The minimum atomic E-state index is -0.569. The van der Waals surface area contributed by atoms with Crippen molar-refractivity contribution in [3.8, 4) is 5.75 Å². The van der Waals surface area contributed by atoms with Crippen LogP contribution in [0.5, 0.6) is 5.75 Å². The lowest BCUT2D eigenvalue weighted by Gasteiger charge is -2.23. The summed E-state index contributed by atoms with van der Waals surface area (Å²) in [6.07, 6.45) is 2.18. The quantitative estimate of drug-likeness (QED) is 0.719. The van der Waals surface area contributed by atoms with Gasteiger partial charge in [-0.15, -0.1) is 0 Å². The number of carbonyl (C=O) groups excluding carboxylic acids is 2. The molecule has 1 aliphatic carbocycles. The lowest BCUT2D eigenvalue weighted by Crippen LogP contribution is -2.35. The number of ether oxygens (including phenoxy) is 1. The van der Waals surface area contributed by atoms with Gasteiger partial charge >= 0.3 is 0 Å². The summed E-state index contributed by atoms with van der Waals surface area (Å²) in [4.78, 5) is 26.6. The number of hydrogen-bond donors (Lipinski definition) is 1. The average Bonchev–Trinajstić information content (AvgIpc) is 3.52. The lowest BCUT2D eigenvalue weighted by molar-refractivity contribution is -0.132. The number of hydrogen-bond acceptors (Lipinski definition) is 3. The summed E-state index contributed by atoms with van der Waals surface area (Å²) in [5, 5.41) is 2.63. The fraction of sp³-hybridized carbons (Fsp3) is 0.364. The minimum absolute atomic E-state index is 0.0123. The first-order chi connectivity index (χ1) is 13.6. The standard InChI is InChI=1S/C22H25FN2O3/c1-2-28-18-7-5-6-16(14-18)15-25(17-10-11-17)21(26)12-13-24-22(27)19-8-3-4-9-20(19)23/h3-9,14,17H,2,10-13,15H2,1H3,(H,24,27). The monoisotopic (exact) mass is 384 g/mol. The van der Waals surface area contributed by atoms with Crippen molar-refractivity contribution in [2.24, 2.45) is 0 Å². The van der Waals surface area contributed by atoms with E-state index in [2.05, 4.69) is 5.32 Å². The normalized spacial score (nSPS) is 13.1. The molecule has 1 saturated carbocycles. The van der Waals surface area contributed by atoms with Crippen LogP contribution in [0.15, 0.2) is 48.5 Å².